The van der Waals surface area contributed by atoms with Crippen LogP contribution >= 0.6 is 23.2 Å². The van der Waals surface area contributed by atoms with Crippen LogP contribution in [0.5, 0.6) is 0 Å². The van der Waals surface area contributed by atoms with Gasteiger partial charge in [0.25, 0.3) is 20.4 Å². The number of carboxylic acids is 1. The Hall–Kier alpha value is -4.37. The number of nitrogens with zero attached hydrogens (tertiary/aromatic N) is 9. The normalized spacial score (nSPS) is 25.1. The Kier molecular flexibility index (Phi) is 16.1. The summed E-state index contributed by atoms with van der Waals surface area (Å²) in [7, 11) is -7.65. The molecule has 1 aromatic rings. The maximum atomic E-state index is 13.4. The molecule has 0 spiro atoms. The highest BCUT2D eigenvalue weighted by Gasteiger charge is 2.49. The van der Waals surface area contributed by atoms with E-state index in [-0.39, 0.29) is 95.6 Å². The van der Waals surface area contributed by atoms with Crippen molar-refractivity contribution in [2.75, 3.05) is 78.5 Å². The van der Waals surface area contributed by atoms with Gasteiger partial charge in [0.15, 0.2) is 0 Å². The molecule has 6 saturated heterocycles. The number of piperazine rings is 2. The van der Waals surface area contributed by atoms with Gasteiger partial charge in [-0.2, -0.15) is 44.6 Å². The minimum Gasteiger partial charge on any atom is -0.480 e. The van der Waals surface area contributed by atoms with Gasteiger partial charge in [-0.1, -0.05) is 23.2 Å². The standard InChI is InChI=1S/C21H26Cl2N6O4S.C19H29N5O7S/c22-16-6-14(7-17(23)8-16)10-26-20(30)19-2-1-4-29(19)21(31)18-13-27(5-3-25-18)34(32,33)28-11-15(9-24)12-28;1-19(2,3)31-18(28)24-8-7-21(32(29,30)22-10-13(9-20)11-22)12-15(24)16(25)23-6-4-5-14(23)17(26)27/h6-8,15,18-19,25H,1-5,10-13H2,(H,26,30);13-15H,4-8,10-12H2,1-3H3,(H,26,27)/t18-,19+;14-,15+/m01/s1. The van der Waals surface area contributed by atoms with E-state index < -0.39 is 68.2 Å². The molecule has 0 radical (unpaired) electrons. The zero-order valence-corrected chi connectivity index (χ0v) is 40.0. The SMILES string of the molecule is CC(C)(C)OC(=O)N1CCN(S(=O)(=O)N2CC(C#N)C2)C[C@H]1C(=O)N1CCC[C@@H]1C(=O)O.N#CC1CN(S(=O)(=O)N2CCN[C@H](C(=O)N3CCC[C@@H]3C(=O)NCc3cc(Cl)cc(Cl)c3)C2)C1. The van der Waals surface area contributed by atoms with E-state index in [0.29, 0.717) is 48.8 Å². The largest absolute Gasteiger partial charge is 0.480 e. The predicted molar refractivity (Wildman–Crippen MR) is 236 cm³/mol. The molecule has 6 aliphatic heterocycles. The van der Waals surface area contributed by atoms with Crippen LogP contribution in [-0.4, -0.2) is 192 Å². The number of rotatable bonds is 10. The number of aliphatic carboxylic acids is 1. The van der Waals surface area contributed by atoms with Gasteiger partial charge < -0.3 is 30.3 Å². The Balaban J connectivity index is 0.000000219. The Bertz CT molecular complexity index is 2330. The molecule has 0 unspecified atom stereocenters. The molecule has 0 saturated carbocycles. The first kappa shape index (κ1) is 51.0. The Morgan fingerprint density at radius 1 is 0.727 bits per heavy atom. The Morgan fingerprint density at radius 3 is 1.79 bits per heavy atom. The predicted octanol–water partition coefficient (Wildman–Crippen LogP) is 0.258. The second kappa shape index (κ2) is 20.9. The fourth-order valence-electron chi connectivity index (χ4n) is 8.56. The van der Waals surface area contributed by atoms with Crippen LogP contribution in [-0.2, 0) is 50.9 Å². The number of benzene rings is 1. The Morgan fingerprint density at radius 2 is 1.26 bits per heavy atom. The number of hydrogen-bond donors (Lipinski definition) is 3. The molecule has 26 heteroatoms. The molecule has 7 rings (SSSR count). The highest BCUT2D eigenvalue weighted by atomic mass is 35.5. The molecule has 6 fully saturated rings. The van der Waals surface area contributed by atoms with Gasteiger partial charge in [0, 0.05) is 95.1 Å². The van der Waals surface area contributed by atoms with Crippen LogP contribution in [0.1, 0.15) is 52.0 Å². The number of nitriles is 2. The topological polar surface area (TPSA) is 277 Å². The zero-order chi connectivity index (χ0) is 48.3. The number of nitrogens with one attached hydrogen (secondary N) is 2. The number of carboxylic acid groups (broad SMARTS) is 1. The number of hydrogen-bond acceptors (Lipinski definition) is 13. The summed E-state index contributed by atoms with van der Waals surface area (Å²) in [5.41, 5.74) is -0.0733. The molecule has 0 aliphatic carbocycles. The lowest BCUT2D eigenvalue weighted by atomic mass is 10.1. The molecule has 4 atom stereocenters. The smallest absolute Gasteiger partial charge is 0.411 e. The van der Waals surface area contributed by atoms with Gasteiger partial charge in [0.2, 0.25) is 17.7 Å². The fraction of sp³-hybridized carbons (Fsp3) is 0.675. The van der Waals surface area contributed by atoms with E-state index in [2.05, 4.69) is 16.7 Å². The third-order valence-corrected chi connectivity index (χ3v) is 16.4. The third kappa shape index (κ3) is 11.7. The summed E-state index contributed by atoms with van der Waals surface area (Å²) in [6, 6.07) is 5.53. The van der Waals surface area contributed by atoms with E-state index in [9.17, 15) is 45.9 Å². The number of halogens is 2. The monoisotopic (exact) mass is 999 g/mol. The van der Waals surface area contributed by atoms with Crippen LogP contribution in [0, 0.1) is 34.5 Å². The van der Waals surface area contributed by atoms with Crippen LogP contribution in [0.25, 0.3) is 0 Å². The summed E-state index contributed by atoms with van der Waals surface area (Å²) >= 11 is 12.0. The van der Waals surface area contributed by atoms with Crippen molar-refractivity contribution in [1.29, 1.82) is 10.5 Å². The number of ether oxygens (including phenoxy) is 1. The molecular formula is C40H55Cl2N11O11S2. The number of carbonyl (C=O) groups is 5. The minimum atomic E-state index is -3.92. The van der Waals surface area contributed by atoms with E-state index in [1.54, 1.807) is 39.0 Å². The van der Waals surface area contributed by atoms with Crippen molar-refractivity contribution >= 4 is 73.4 Å². The molecule has 1 aromatic carbocycles. The van der Waals surface area contributed by atoms with Crippen LogP contribution < -0.4 is 10.6 Å². The van der Waals surface area contributed by atoms with Crippen LogP contribution in [0.4, 0.5) is 4.79 Å². The lowest BCUT2D eigenvalue weighted by molar-refractivity contribution is -0.151. The second-order valence-corrected chi connectivity index (χ2v) is 22.7. The van der Waals surface area contributed by atoms with E-state index in [1.807, 2.05) is 6.07 Å². The Labute approximate surface area is 394 Å². The summed E-state index contributed by atoms with van der Waals surface area (Å²) in [6.07, 6.45) is 1.27. The molecule has 3 N–H and O–H groups in total. The average molecular weight is 1000 g/mol. The van der Waals surface area contributed by atoms with E-state index in [4.69, 9.17) is 38.5 Å². The number of amides is 4. The maximum absolute atomic E-state index is 13.4. The molecular weight excluding hydrogens is 946 g/mol. The maximum Gasteiger partial charge on any atom is 0.411 e. The van der Waals surface area contributed by atoms with Crippen molar-refractivity contribution in [1.82, 2.24) is 42.6 Å². The van der Waals surface area contributed by atoms with Crippen LogP contribution in [0.15, 0.2) is 18.2 Å². The van der Waals surface area contributed by atoms with Crippen molar-refractivity contribution in [2.24, 2.45) is 11.8 Å². The molecule has 362 valence electrons. The second-order valence-electron chi connectivity index (χ2n) is 17.9. The summed E-state index contributed by atoms with van der Waals surface area (Å²) in [4.78, 5) is 67.8. The van der Waals surface area contributed by atoms with Gasteiger partial charge in [-0.3, -0.25) is 19.3 Å². The summed E-state index contributed by atoms with van der Waals surface area (Å²) in [5, 5.41) is 34.2. The van der Waals surface area contributed by atoms with E-state index >= 15 is 0 Å². The van der Waals surface area contributed by atoms with Crippen molar-refractivity contribution < 1.29 is 50.7 Å². The first-order valence-electron chi connectivity index (χ1n) is 21.6. The lowest BCUT2D eigenvalue weighted by Gasteiger charge is -2.44. The quantitative estimate of drug-likeness (QED) is 0.284. The molecule has 4 amide bonds. The molecule has 22 nitrogen and oxygen atoms in total. The number of carbonyl (C=O) groups excluding carboxylic acids is 4. The van der Waals surface area contributed by atoms with Gasteiger partial charge in [-0.15, -0.1) is 0 Å². The van der Waals surface area contributed by atoms with Gasteiger partial charge in [0.1, 0.15) is 29.8 Å². The lowest BCUT2D eigenvalue weighted by Crippen LogP contribution is -2.65. The molecule has 6 heterocycles. The first-order valence-corrected chi connectivity index (χ1v) is 25.2. The minimum absolute atomic E-state index is 0.0132. The number of likely N-dealkylation sites (tertiary alicyclic amines) is 2. The highest BCUT2D eigenvalue weighted by molar-refractivity contribution is 7.87. The highest BCUT2D eigenvalue weighted by Crippen LogP contribution is 2.29. The van der Waals surface area contributed by atoms with Gasteiger partial charge >= 0.3 is 12.1 Å². The van der Waals surface area contributed by atoms with E-state index in [0.717, 1.165) is 9.87 Å². The van der Waals surface area contributed by atoms with Crippen molar-refractivity contribution in [3.63, 3.8) is 0 Å². The first-order chi connectivity index (χ1) is 31.0. The van der Waals surface area contributed by atoms with Crippen molar-refractivity contribution in [3.8, 4) is 12.1 Å². The molecule has 6 aliphatic rings. The van der Waals surface area contributed by atoms with Crippen LogP contribution in [0.3, 0.4) is 0 Å². The van der Waals surface area contributed by atoms with Gasteiger partial charge in [-0.05, 0) is 70.2 Å². The van der Waals surface area contributed by atoms with E-state index in [1.165, 1.54) is 27.6 Å². The van der Waals surface area contributed by atoms with Gasteiger partial charge in [-0.25, -0.2) is 9.59 Å². The molecule has 66 heavy (non-hydrogen) atoms. The van der Waals surface area contributed by atoms with Crippen molar-refractivity contribution in [2.45, 2.75) is 82.8 Å². The van der Waals surface area contributed by atoms with Crippen molar-refractivity contribution in [3.05, 3.63) is 33.8 Å². The molecule has 0 bridgehead atoms. The average Bonchev–Trinajstić information content (AvgIpc) is 3.92. The summed E-state index contributed by atoms with van der Waals surface area (Å²) < 4.78 is 62.0. The summed E-state index contributed by atoms with van der Waals surface area (Å²) in [5.74, 6) is -2.97. The van der Waals surface area contributed by atoms with Gasteiger partial charge in [0.05, 0.1) is 24.0 Å². The van der Waals surface area contributed by atoms with Crippen LogP contribution in [0.2, 0.25) is 10.0 Å². The summed E-state index contributed by atoms with van der Waals surface area (Å²) in [6.45, 7) is 6.55. The fourth-order valence-corrected chi connectivity index (χ4v) is 12.6. The third-order valence-electron chi connectivity index (χ3n) is 12.1. The molecule has 0 aromatic heterocycles. The zero-order valence-electron chi connectivity index (χ0n) is 36.8.